The molecule has 0 spiro atoms. The second kappa shape index (κ2) is 5.95. The van der Waals surface area contributed by atoms with Crippen LogP contribution in [0.15, 0.2) is 24.4 Å². The molecule has 1 saturated heterocycles. The maximum absolute atomic E-state index is 6.35. The van der Waals surface area contributed by atoms with Crippen LogP contribution in [0.4, 0.5) is 5.69 Å². The molecule has 0 amide bonds. The SMILES string of the molecule is Cc1ccc2c(N3CCNCC3)c(Cl)cnc2c1.Cl. The van der Waals surface area contributed by atoms with Crippen molar-refractivity contribution < 1.29 is 0 Å². The van der Waals surface area contributed by atoms with Crippen molar-refractivity contribution in [1.29, 1.82) is 0 Å². The third-order valence-corrected chi connectivity index (χ3v) is 3.66. The summed E-state index contributed by atoms with van der Waals surface area (Å²) in [7, 11) is 0. The molecule has 1 fully saturated rings. The number of aromatic nitrogens is 1. The quantitative estimate of drug-likeness (QED) is 0.877. The summed E-state index contributed by atoms with van der Waals surface area (Å²) in [4.78, 5) is 6.77. The van der Waals surface area contributed by atoms with E-state index < -0.39 is 0 Å². The van der Waals surface area contributed by atoms with E-state index >= 15 is 0 Å². The zero-order valence-corrected chi connectivity index (χ0v) is 12.4. The van der Waals surface area contributed by atoms with Gasteiger partial charge in [-0.2, -0.15) is 0 Å². The molecule has 0 atom stereocenters. The van der Waals surface area contributed by atoms with E-state index in [1.54, 1.807) is 6.20 Å². The highest BCUT2D eigenvalue weighted by Crippen LogP contribution is 2.33. The Balaban J connectivity index is 0.00000133. The number of rotatable bonds is 1. The first-order chi connectivity index (χ1) is 8.75. The Morgan fingerprint density at radius 2 is 2.00 bits per heavy atom. The van der Waals surface area contributed by atoms with Crippen LogP contribution in [-0.2, 0) is 0 Å². The van der Waals surface area contributed by atoms with E-state index in [0.717, 1.165) is 47.8 Å². The fourth-order valence-electron chi connectivity index (χ4n) is 2.47. The number of piperazine rings is 1. The average molecular weight is 298 g/mol. The van der Waals surface area contributed by atoms with Gasteiger partial charge in [0.05, 0.1) is 16.2 Å². The van der Waals surface area contributed by atoms with Crippen molar-refractivity contribution in [1.82, 2.24) is 10.3 Å². The molecule has 3 rings (SSSR count). The van der Waals surface area contributed by atoms with Crippen molar-refractivity contribution in [3.8, 4) is 0 Å². The molecule has 5 heteroatoms. The number of pyridine rings is 1. The average Bonchev–Trinajstić information content (AvgIpc) is 2.40. The first-order valence-electron chi connectivity index (χ1n) is 6.26. The van der Waals surface area contributed by atoms with Crippen LogP contribution in [-0.4, -0.2) is 31.2 Å². The number of aryl methyl sites for hydroxylation is 1. The standard InChI is InChI=1S/C14H16ClN3.ClH/c1-10-2-3-11-13(8-10)17-9-12(15)14(11)18-6-4-16-5-7-18;/h2-3,8-9,16H,4-7H2,1H3;1H. The van der Waals surface area contributed by atoms with E-state index in [1.165, 1.54) is 5.56 Å². The predicted octanol–water partition coefficient (Wildman–Crippen LogP) is 3.03. The van der Waals surface area contributed by atoms with E-state index in [9.17, 15) is 0 Å². The van der Waals surface area contributed by atoms with Gasteiger partial charge in [0.2, 0.25) is 0 Å². The van der Waals surface area contributed by atoms with Gasteiger partial charge in [0.15, 0.2) is 0 Å². The fourth-order valence-corrected chi connectivity index (χ4v) is 2.74. The van der Waals surface area contributed by atoms with Gasteiger partial charge < -0.3 is 10.2 Å². The van der Waals surface area contributed by atoms with E-state index in [2.05, 4.69) is 40.3 Å². The summed E-state index contributed by atoms with van der Waals surface area (Å²) >= 11 is 6.35. The molecule has 0 aliphatic carbocycles. The Morgan fingerprint density at radius 3 is 2.74 bits per heavy atom. The third kappa shape index (κ3) is 2.78. The van der Waals surface area contributed by atoms with Gasteiger partial charge in [-0.05, 0) is 18.6 Å². The van der Waals surface area contributed by atoms with Crippen LogP contribution in [0.25, 0.3) is 10.9 Å². The summed E-state index contributed by atoms with van der Waals surface area (Å²) in [5.74, 6) is 0. The monoisotopic (exact) mass is 297 g/mol. The van der Waals surface area contributed by atoms with Crippen LogP contribution in [0.2, 0.25) is 5.02 Å². The molecular weight excluding hydrogens is 281 g/mol. The molecule has 1 aliphatic rings. The molecule has 102 valence electrons. The summed E-state index contributed by atoms with van der Waals surface area (Å²) in [5.41, 5.74) is 3.37. The number of halogens is 2. The van der Waals surface area contributed by atoms with Gasteiger partial charge in [-0.25, -0.2) is 0 Å². The fraction of sp³-hybridized carbons (Fsp3) is 0.357. The Morgan fingerprint density at radius 1 is 1.26 bits per heavy atom. The first-order valence-corrected chi connectivity index (χ1v) is 6.64. The maximum atomic E-state index is 6.35. The summed E-state index contributed by atoms with van der Waals surface area (Å²) in [6, 6.07) is 6.35. The zero-order chi connectivity index (χ0) is 12.5. The van der Waals surface area contributed by atoms with E-state index in [4.69, 9.17) is 11.6 Å². The topological polar surface area (TPSA) is 28.2 Å². The van der Waals surface area contributed by atoms with Gasteiger partial charge in [-0.15, -0.1) is 12.4 Å². The smallest absolute Gasteiger partial charge is 0.0829 e. The van der Waals surface area contributed by atoms with E-state index in [-0.39, 0.29) is 12.4 Å². The highest BCUT2D eigenvalue weighted by Gasteiger charge is 2.16. The molecule has 1 aromatic carbocycles. The molecular formula is C14H17Cl2N3. The van der Waals surface area contributed by atoms with Crippen molar-refractivity contribution in [3.05, 3.63) is 35.0 Å². The van der Waals surface area contributed by atoms with Crippen molar-refractivity contribution in [2.45, 2.75) is 6.92 Å². The van der Waals surface area contributed by atoms with Crippen molar-refractivity contribution in [2.24, 2.45) is 0 Å². The van der Waals surface area contributed by atoms with Gasteiger partial charge in [-0.1, -0.05) is 23.7 Å². The molecule has 0 unspecified atom stereocenters. The second-order valence-electron chi connectivity index (χ2n) is 4.71. The first kappa shape index (κ1) is 14.4. The van der Waals surface area contributed by atoms with Gasteiger partial charge in [0.25, 0.3) is 0 Å². The van der Waals surface area contributed by atoms with E-state index in [0.29, 0.717) is 0 Å². The van der Waals surface area contributed by atoms with Crippen molar-refractivity contribution in [3.63, 3.8) is 0 Å². The van der Waals surface area contributed by atoms with Crippen LogP contribution in [0.5, 0.6) is 0 Å². The molecule has 0 bridgehead atoms. The maximum Gasteiger partial charge on any atom is 0.0829 e. The Kier molecular flexibility index (Phi) is 4.50. The lowest BCUT2D eigenvalue weighted by atomic mass is 10.1. The Hall–Kier alpha value is -1.03. The van der Waals surface area contributed by atoms with E-state index in [1.807, 2.05) is 0 Å². The second-order valence-corrected chi connectivity index (χ2v) is 5.12. The van der Waals surface area contributed by atoms with Crippen LogP contribution < -0.4 is 10.2 Å². The number of nitrogens with one attached hydrogen (secondary N) is 1. The van der Waals surface area contributed by atoms with Gasteiger partial charge >= 0.3 is 0 Å². The molecule has 3 nitrogen and oxygen atoms in total. The molecule has 1 N–H and O–H groups in total. The van der Waals surface area contributed by atoms with Crippen LogP contribution in [0.3, 0.4) is 0 Å². The van der Waals surface area contributed by atoms with Crippen molar-refractivity contribution in [2.75, 3.05) is 31.1 Å². The number of benzene rings is 1. The zero-order valence-electron chi connectivity index (χ0n) is 10.8. The number of hydrogen-bond donors (Lipinski definition) is 1. The lowest BCUT2D eigenvalue weighted by molar-refractivity contribution is 0.590. The molecule has 19 heavy (non-hydrogen) atoms. The minimum absolute atomic E-state index is 0. The van der Waals surface area contributed by atoms with Crippen LogP contribution in [0, 0.1) is 6.92 Å². The number of hydrogen-bond acceptors (Lipinski definition) is 3. The third-order valence-electron chi connectivity index (χ3n) is 3.38. The lowest BCUT2D eigenvalue weighted by Gasteiger charge is -2.31. The summed E-state index contributed by atoms with van der Waals surface area (Å²) in [5, 5.41) is 5.25. The number of nitrogens with zero attached hydrogens (tertiary/aromatic N) is 2. The molecule has 2 aromatic rings. The molecule has 0 saturated carbocycles. The lowest BCUT2D eigenvalue weighted by Crippen LogP contribution is -2.43. The van der Waals surface area contributed by atoms with Crippen LogP contribution in [0.1, 0.15) is 5.56 Å². The Labute approximate surface area is 124 Å². The highest BCUT2D eigenvalue weighted by molar-refractivity contribution is 6.34. The molecule has 0 radical (unpaired) electrons. The minimum Gasteiger partial charge on any atom is -0.367 e. The number of fused-ring (bicyclic) bond motifs is 1. The molecule has 1 aromatic heterocycles. The highest BCUT2D eigenvalue weighted by atomic mass is 35.5. The van der Waals surface area contributed by atoms with Gasteiger partial charge in [0.1, 0.15) is 0 Å². The minimum atomic E-state index is 0. The normalized spacial score (nSPS) is 15.4. The largest absolute Gasteiger partial charge is 0.367 e. The molecule has 2 heterocycles. The summed E-state index contributed by atoms with van der Waals surface area (Å²) in [6.07, 6.45) is 1.76. The summed E-state index contributed by atoms with van der Waals surface area (Å²) in [6.45, 7) is 6.08. The van der Waals surface area contributed by atoms with Gasteiger partial charge in [0, 0.05) is 37.8 Å². The molecule has 1 aliphatic heterocycles. The van der Waals surface area contributed by atoms with Crippen molar-refractivity contribution >= 4 is 40.6 Å². The van der Waals surface area contributed by atoms with Gasteiger partial charge in [-0.3, -0.25) is 4.98 Å². The predicted molar refractivity (Wildman–Crippen MR) is 83.8 cm³/mol. The number of anilines is 1. The Bertz CT molecular complexity index is 580. The summed E-state index contributed by atoms with van der Waals surface area (Å²) < 4.78 is 0. The van der Waals surface area contributed by atoms with Crippen LogP contribution >= 0.6 is 24.0 Å².